The molecule has 0 amide bonds. The molecular weight excluding hydrogens is 389 g/mol. The first-order valence-electron chi connectivity index (χ1n) is 11.3. The number of aliphatic carboxylic acids is 2. The molecule has 1 aromatic heterocycles. The van der Waals surface area contributed by atoms with Crippen molar-refractivity contribution in [1.82, 2.24) is 14.5 Å². The number of benzene rings is 1. The van der Waals surface area contributed by atoms with Crippen LogP contribution in [0.2, 0.25) is 0 Å². The second-order valence-corrected chi connectivity index (χ2v) is 6.59. The van der Waals surface area contributed by atoms with Crippen LogP contribution in [-0.2, 0) is 20.9 Å². The van der Waals surface area contributed by atoms with Gasteiger partial charge >= 0.3 is 11.9 Å². The summed E-state index contributed by atoms with van der Waals surface area (Å²) in [4.78, 5) is 27.7. The molecule has 2 heterocycles. The molecule has 0 saturated carbocycles. The van der Waals surface area contributed by atoms with E-state index in [9.17, 15) is 9.59 Å². The van der Waals surface area contributed by atoms with Crippen molar-refractivity contribution in [3.05, 3.63) is 36.4 Å². The molecule has 9 nitrogen and oxygen atoms in total. The van der Waals surface area contributed by atoms with E-state index in [-0.39, 0.29) is 0 Å². The Morgan fingerprint density at radius 2 is 1.90 bits per heavy atom. The van der Waals surface area contributed by atoms with Gasteiger partial charge in [0.05, 0.1) is 17.6 Å². The maximum absolute atomic E-state index is 9.55. The molecule has 1 fully saturated rings. The number of ether oxygens (including phenoxy) is 1. The molecule has 164 valence electrons. The molecule has 0 unspecified atom stereocenters. The number of hydrogen-bond donors (Lipinski definition) is 2. The van der Waals surface area contributed by atoms with Gasteiger partial charge in [0.15, 0.2) is 0 Å². The van der Waals surface area contributed by atoms with Crippen LogP contribution in [0.1, 0.15) is 17.5 Å². The van der Waals surface area contributed by atoms with Gasteiger partial charge in [-0.2, -0.15) is 0 Å². The van der Waals surface area contributed by atoms with Gasteiger partial charge in [0, 0.05) is 49.1 Å². The highest BCUT2D eigenvalue weighted by Crippen LogP contribution is 2.23. The van der Waals surface area contributed by atoms with Crippen molar-refractivity contribution in [2.75, 3.05) is 51.3 Å². The molecule has 1 aliphatic rings. The number of hydrogen-bond acceptors (Lipinski definition) is 6. The standard InChI is InChI=1S/C17H26N4O.C4H4O4/c1-3-22-14-13-21-16-8-5-4-7-15(16)18-17(21)20-10-6-9-19(2)11-12-20;5-3(6)1-2-4(7)8/h4-5,7-8H,3,6,9-14H2,1-2H3;1-2H,(H,5,6)(H,7,8)/b;2-1+/i2+1D3;. The molecule has 2 N–H and O–H groups in total. The van der Waals surface area contributed by atoms with Crippen LogP contribution in [-0.4, -0.2) is 83.0 Å². The maximum Gasteiger partial charge on any atom is 0.328 e. The molecule has 1 saturated heterocycles. The molecule has 9 heteroatoms. The fraction of sp³-hybridized carbons (Fsp3) is 0.476. The molecule has 0 atom stereocenters. The van der Waals surface area contributed by atoms with Crippen molar-refractivity contribution in [1.29, 1.82) is 0 Å². The number of anilines is 1. The Bertz CT molecular complexity index is 945. The van der Waals surface area contributed by atoms with Crippen LogP contribution < -0.4 is 4.90 Å². The van der Waals surface area contributed by atoms with E-state index in [0.29, 0.717) is 45.0 Å². The predicted octanol–water partition coefficient (Wildman–Crippen LogP) is 1.93. The SMILES string of the molecule is O=C(O)/C=C/C(=O)O.[2H][13C]([2H])([2H])N1CCCN(c2nc3ccccc3n2CCOCC)CC1. The Hall–Kier alpha value is -2.91. The number of carboxylic acids is 2. The first-order valence-corrected chi connectivity index (χ1v) is 9.80. The van der Waals surface area contributed by atoms with Gasteiger partial charge in [-0.15, -0.1) is 0 Å². The van der Waals surface area contributed by atoms with Gasteiger partial charge in [0.25, 0.3) is 0 Å². The third-order valence-electron chi connectivity index (χ3n) is 4.44. The Morgan fingerprint density at radius 3 is 2.57 bits per heavy atom. The first-order chi connectivity index (χ1) is 15.6. The van der Waals surface area contributed by atoms with E-state index in [1.165, 1.54) is 0 Å². The maximum atomic E-state index is 9.55. The Balaban J connectivity index is 0.000000414. The summed E-state index contributed by atoms with van der Waals surface area (Å²) in [6.45, 7) is 4.62. The summed E-state index contributed by atoms with van der Waals surface area (Å²) in [6.07, 6.45) is 1.93. The largest absolute Gasteiger partial charge is 0.478 e. The van der Waals surface area contributed by atoms with Crippen LogP contribution in [0, 0.1) is 0 Å². The fourth-order valence-corrected chi connectivity index (χ4v) is 3.08. The summed E-state index contributed by atoms with van der Waals surface area (Å²) in [5.74, 6) is -1.60. The number of nitrogens with zero attached hydrogens (tertiary/aromatic N) is 4. The summed E-state index contributed by atoms with van der Waals surface area (Å²) >= 11 is 0. The van der Waals surface area contributed by atoms with Gasteiger partial charge < -0.3 is 29.3 Å². The lowest BCUT2D eigenvalue weighted by molar-refractivity contribution is -0.134. The van der Waals surface area contributed by atoms with Gasteiger partial charge in [-0.3, -0.25) is 0 Å². The van der Waals surface area contributed by atoms with Crippen molar-refractivity contribution in [2.45, 2.75) is 19.9 Å². The zero-order valence-electron chi connectivity index (χ0n) is 20.0. The number of carbonyl (C=O) groups is 2. The van der Waals surface area contributed by atoms with E-state index >= 15 is 0 Å². The van der Waals surface area contributed by atoms with Crippen molar-refractivity contribution < 1.29 is 28.7 Å². The van der Waals surface area contributed by atoms with E-state index in [1.807, 2.05) is 25.1 Å². The molecule has 0 bridgehead atoms. The molecule has 1 aliphatic heterocycles. The molecule has 3 rings (SSSR count). The van der Waals surface area contributed by atoms with Gasteiger partial charge in [0.1, 0.15) is 0 Å². The Labute approximate surface area is 180 Å². The second kappa shape index (κ2) is 11.9. The summed E-state index contributed by atoms with van der Waals surface area (Å²) in [5.41, 5.74) is 2.06. The third kappa shape index (κ3) is 7.16. The summed E-state index contributed by atoms with van der Waals surface area (Å²) in [7, 11) is 0. The smallest absolute Gasteiger partial charge is 0.328 e. The van der Waals surface area contributed by atoms with Crippen molar-refractivity contribution in [2.24, 2.45) is 0 Å². The molecule has 0 spiro atoms. The van der Waals surface area contributed by atoms with E-state index in [4.69, 9.17) is 24.0 Å². The topological polar surface area (TPSA) is 108 Å². The minimum atomic E-state index is -2.02. The highest BCUT2D eigenvalue weighted by atomic mass is 16.5. The number of para-hydroxylation sites is 2. The fourth-order valence-electron chi connectivity index (χ4n) is 3.08. The molecule has 2 aromatic rings. The normalized spacial score (nSPS) is 17.0. The summed E-state index contributed by atoms with van der Waals surface area (Å²) < 4.78 is 30.6. The van der Waals surface area contributed by atoms with Crippen molar-refractivity contribution in [3.8, 4) is 0 Å². The van der Waals surface area contributed by atoms with Crippen LogP contribution in [0.25, 0.3) is 11.0 Å². The van der Waals surface area contributed by atoms with Crippen LogP contribution in [0.15, 0.2) is 36.4 Å². The number of aromatic nitrogens is 2. The number of carboxylic acid groups (broad SMARTS) is 2. The molecule has 30 heavy (non-hydrogen) atoms. The van der Waals surface area contributed by atoms with Crippen molar-refractivity contribution in [3.63, 3.8) is 0 Å². The third-order valence-corrected chi connectivity index (χ3v) is 4.44. The van der Waals surface area contributed by atoms with Gasteiger partial charge in [-0.1, -0.05) is 12.1 Å². The lowest BCUT2D eigenvalue weighted by atomic mass is 10.3. The van der Waals surface area contributed by atoms with E-state index in [1.54, 1.807) is 4.90 Å². The van der Waals surface area contributed by atoms with E-state index in [0.717, 1.165) is 36.5 Å². The zero-order chi connectivity index (χ0) is 24.4. The van der Waals surface area contributed by atoms with Crippen molar-refractivity contribution >= 4 is 28.9 Å². The lowest BCUT2D eigenvalue weighted by Crippen LogP contribution is -2.31. The quantitative estimate of drug-likeness (QED) is 0.396. The van der Waals surface area contributed by atoms with Crippen LogP contribution >= 0.6 is 0 Å². The second-order valence-electron chi connectivity index (χ2n) is 6.59. The van der Waals surface area contributed by atoms with Crippen LogP contribution in [0.5, 0.6) is 0 Å². The Kier molecular flexibility index (Phi) is 7.59. The van der Waals surface area contributed by atoms with Crippen LogP contribution in [0.3, 0.4) is 0 Å². The van der Waals surface area contributed by atoms with Gasteiger partial charge in [-0.05, 0) is 39.0 Å². The lowest BCUT2D eigenvalue weighted by Gasteiger charge is -2.23. The molecular formula is C21H30N4O5. The predicted molar refractivity (Wildman–Crippen MR) is 115 cm³/mol. The van der Waals surface area contributed by atoms with E-state index in [2.05, 4.69) is 15.5 Å². The monoisotopic (exact) mass is 422 g/mol. The average Bonchev–Trinajstić information content (AvgIpc) is 2.93. The minimum Gasteiger partial charge on any atom is -0.478 e. The van der Waals surface area contributed by atoms with Gasteiger partial charge in [-0.25, -0.2) is 14.6 Å². The van der Waals surface area contributed by atoms with Crippen LogP contribution in [0.4, 0.5) is 5.95 Å². The summed E-state index contributed by atoms with van der Waals surface area (Å²) in [6, 6.07) is 8.10. The zero-order valence-corrected chi connectivity index (χ0v) is 17.0. The van der Waals surface area contributed by atoms with E-state index < -0.39 is 18.9 Å². The number of fused-ring (bicyclic) bond motifs is 1. The molecule has 0 aliphatic carbocycles. The highest BCUT2D eigenvalue weighted by Gasteiger charge is 2.19. The summed E-state index contributed by atoms with van der Waals surface area (Å²) in [5, 5.41) is 15.6. The number of likely N-dealkylation sites (N-methyl/N-ethyl adjacent to an activating group) is 1. The van der Waals surface area contributed by atoms with Gasteiger partial charge in [0.2, 0.25) is 5.95 Å². The minimum absolute atomic E-state index is 0.519. The first kappa shape index (κ1) is 19.1. The average molecular weight is 423 g/mol. The number of imidazole rings is 1. The molecule has 0 radical (unpaired) electrons. The number of rotatable bonds is 7. The Morgan fingerprint density at radius 1 is 1.17 bits per heavy atom. The molecule has 1 aromatic carbocycles. The highest BCUT2D eigenvalue weighted by molar-refractivity contribution is 5.89.